The van der Waals surface area contributed by atoms with Crippen LogP contribution in [0.2, 0.25) is 0 Å². The van der Waals surface area contributed by atoms with Crippen LogP contribution in [-0.2, 0) is 4.74 Å². The summed E-state index contributed by atoms with van der Waals surface area (Å²) < 4.78 is 12.1. The van der Waals surface area contributed by atoms with Gasteiger partial charge in [-0.05, 0) is 26.0 Å². The highest BCUT2D eigenvalue weighted by molar-refractivity contribution is 9.10. The van der Waals surface area contributed by atoms with E-state index >= 15 is 0 Å². The first-order valence-electron chi connectivity index (χ1n) is 4.28. The van der Waals surface area contributed by atoms with Crippen LogP contribution in [0.5, 0.6) is 5.75 Å². The van der Waals surface area contributed by atoms with Crippen molar-refractivity contribution in [3.8, 4) is 5.75 Å². The second-order valence-corrected chi connectivity index (χ2v) is 4.06. The van der Waals surface area contributed by atoms with E-state index < -0.39 is 0 Å². The molecule has 1 aromatic carbocycles. The fourth-order valence-corrected chi connectivity index (χ4v) is 1.85. The van der Waals surface area contributed by atoms with E-state index in [1.54, 1.807) is 0 Å². The van der Waals surface area contributed by atoms with Gasteiger partial charge in [0.25, 0.3) is 0 Å². The normalized spacial score (nSPS) is 26.4. The molecule has 2 nitrogen and oxygen atoms in total. The van der Waals surface area contributed by atoms with Crippen molar-refractivity contribution in [2.75, 3.05) is 0 Å². The largest absolute Gasteiger partial charge is 0.465 e. The van der Waals surface area contributed by atoms with Crippen molar-refractivity contribution in [1.82, 2.24) is 0 Å². The number of ether oxygens (including phenoxy) is 2. The first kappa shape index (κ1) is 9.03. The molecule has 0 radical (unpaired) electrons. The lowest BCUT2D eigenvalue weighted by Crippen LogP contribution is -2.24. The summed E-state index contributed by atoms with van der Waals surface area (Å²) in [5.74, 6) is 0.917. The first-order valence-corrected chi connectivity index (χ1v) is 5.07. The second-order valence-electron chi connectivity index (χ2n) is 3.15. The lowest BCUT2D eigenvalue weighted by atomic mass is 10.1. The lowest BCUT2D eigenvalue weighted by Gasteiger charge is -2.28. The molecule has 0 amide bonds. The summed E-state index contributed by atoms with van der Waals surface area (Å²) in [5.41, 5.74) is 1.11. The third-order valence-corrected chi connectivity index (χ3v) is 2.60. The maximum atomic E-state index is 5.53. The molecule has 1 aromatic rings. The van der Waals surface area contributed by atoms with Gasteiger partial charge in [-0.25, -0.2) is 0 Å². The van der Waals surface area contributed by atoms with Gasteiger partial charge in [0.15, 0.2) is 6.29 Å². The molecule has 13 heavy (non-hydrogen) atoms. The van der Waals surface area contributed by atoms with Crippen LogP contribution < -0.4 is 4.74 Å². The topological polar surface area (TPSA) is 18.5 Å². The minimum absolute atomic E-state index is 0.117. The minimum atomic E-state index is -0.156. The SMILES string of the molecule is CC1Oc2cc(Br)ccc2C(C)O1. The molecule has 3 heteroatoms. The van der Waals surface area contributed by atoms with Crippen molar-refractivity contribution in [2.24, 2.45) is 0 Å². The van der Waals surface area contributed by atoms with E-state index in [1.165, 1.54) is 0 Å². The fourth-order valence-electron chi connectivity index (χ4n) is 1.51. The maximum Gasteiger partial charge on any atom is 0.197 e. The number of rotatable bonds is 0. The van der Waals surface area contributed by atoms with E-state index in [9.17, 15) is 0 Å². The third kappa shape index (κ3) is 1.71. The quantitative estimate of drug-likeness (QED) is 0.696. The molecule has 1 heterocycles. The van der Waals surface area contributed by atoms with Crippen molar-refractivity contribution in [3.63, 3.8) is 0 Å². The van der Waals surface area contributed by atoms with Gasteiger partial charge in [-0.2, -0.15) is 0 Å². The maximum absolute atomic E-state index is 5.53. The summed E-state index contributed by atoms with van der Waals surface area (Å²) in [5, 5.41) is 0. The van der Waals surface area contributed by atoms with Crippen LogP contribution in [0, 0.1) is 0 Å². The third-order valence-electron chi connectivity index (χ3n) is 2.10. The van der Waals surface area contributed by atoms with Crippen LogP contribution in [0.15, 0.2) is 22.7 Å². The molecule has 0 saturated heterocycles. The number of benzene rings is 1. The summed E-state index contributed by atoms with van der Waals surface area (Å²) in [6.07, 6.45) is -0.0383. The van der Waals surface area contributed by atoms with Crippen molar-refractivity contribution in [1.29, 1.82) is 0 Å². The van der Waals surface area contributed by atoms with E-state index in [-0.39, 0.29) is 12.4 Å². The van der Waals surface area contributed by atoms with Crippen molar-refractivity contribution < 1.29 is 9.47 Å². The fraction of sp³-hybridized carbons (Fsp3) is 0.400. The van der Waals surface area contributed by atoms with Crippen molar-refractivity contribution in [3.05, 3.63) is 28.2 Å². The van der Waals surface area contributed by atoms with Gasteiger partial charge in [0.1, 0.15) is 5.75 Å². The molecular formula is C10H11BrO2. The molecule has 0 saturated carbocycles. The second kappa shape index (κ2) is 3.31. The molecule has 1 aliphatic rings. The Kier molecular flexibility index (Phi) is 2.30. The van der Waals surface area contributed by atoms with E-state index in [1.807, 2.05) is 32.0 Å². The Morgan fingerprint density at radius 2 is 2.08 bits per heavy atom. The van der Waals surface area contributed by atoms with Gasteiger partial charge in [0, 0.05) is 10.0 Å². The number of fused-ring (bicyclic) bond motifs is 1. The van der Waals surface area contributed by atoms with Crippen LogP contribution in [0.25, 0.3) is 0 Å². The zero-order valence-electron chi connectivity index (χ0n) is 7.58. The van der Waals surface area contributed by atoms with Gasteiger partial charge < -0.3 is 9.47 Å². The lowest BCUT2D eigenvalue weighted by molar-refractivity contribution is -0.122. The van der Waals surface area contributed by atoms with Gasteiger partial charge in [-0.15, -0.1) is 0 Å². The van der Waals surface area contributed by atoms with Crippen molar-refractivity contribution in [2.45, 2.75) is 26.2 Å². The molecule has 0 fully saturated rings. The molecule has 0 aliphatic carbocycles. The predicted molar refractivity (Wildman–Crippen MR) is 53.7 cm³/mol. The van der Waals surface area contributed by atoms with E-state index in [2.05, 4.69) is 15.9 Å². The highest BCUT2D eigenvalue weighted by Crippen LogP contribution is 2.35. The van der Waals surface area contributed by atoms with Gasteiger partial charge in [0.2, 0.25) is 0 Å². The average Bonchev–Trinajstić information content (AvgIpc) is 2.02. The minimum Gasteiger partial charge on any atom is -0.465 e. The van der Waals surface area contributed by atoms with Gasteiger partial charge in [0.05, 0.1) is 6.10 Å². The summed E-state index contributed by atoms with van der Waals surface area (Å²) in [7, 11) is 0. The summed E-state index contributed by atoms with van der Waals surface area (Å²) in [6.45, 7) is 3.94. The number of halogens is 1. The molecule has 2 rings (SSSR count). The molecule has 2 atom stereocenters. The molecule has 0 bridgehead atoms. The zero-order valence-corrected chi connectivity index (χ0v) is 9.17. The van der Waals surface area contributed by atoms with Crippen LogP contribution in [-0.4, -0.2) is 6.29 Å². The Labute approximate surface area is 86.0 Å². The number of hydrogen-bond donors (Lipinski definition) is 0. The van der Waals surface area contributed by atoms with Crippen LogP contribution in [0.3, 0.4) is 0 Å². The average molecular weight is 243 g/mol. The Balaban J connectivity index is 2.43. The first-order chi connectivity index (χ1) is 6.16. The van der Waals surface area contributed by atoms with Crippen LogP contribution in [0.4, 0.5) is 0 Å². The van der Waals surface area contributed by atoms with E-state index in [0.29, 0.717) is 0 Å². The Morgan fingerprint density at radius 1 is 1.31 bits per heavy atom. The highest BCUT2D eigenvalue weighted by Gasteiger charge is 2.22. The zero-order chi connectivity index (χ0) is 9.42. The van der Waals surface area contributed by atoms with Gasteiger partial charge in [-0.1, -0.05) is 22.0 Å². The molecule has 0 spiro atoms. The standard InChI is InChI=1S/C10H11BrO2/c1-6-9-4-3-8(11)5-10(9)13-7(2)12-6/h3-7H,1-2H3. The summed E-state index contributed by atoms with van der Waals surface area (Å²) >= 11 is 3.41. The van der Waals surface area contributed by atoms with E-state index in [0.717, 1.165) is 15.8 Å². The van der Waals surface area contributed by atoms with E-state index in [4.69, 9.17) is 9.47 Å². The molecule has 2 unspecified atom stereocenters. The highest BCUT2D eigenvalue weighted by atomic mass is 79.9. The molecule has 0 aromatic heterocycles. The Bertz CT molecular complexity index is 325. The Morgan fingerprint density at radius 3 is 2.85 bits per heavy atom. The van der Waals surface area contributed by atoms with Gasteiger partial charge >= 0.3 is 0 Å². The summed E-state index contributed by atoms with van der Waals surface area (Å²) in [6, 6.07) is 6.00. The Hall–Kier alpha value is -0.540. The van der Waals surface area contributed by atoms with Crippen molar-refractivity contribution >= 4 is 15.9 Å². The number of hydrogen-bond acceptors (Lipinski definition) is 2. The molecular weight excluding hydrogens is 232 g/mol. The van der Waals surface area contributed by atoms with Crippen LogP contribution in [0.1, 0.15) is 25.5 Å². The smallest absolute Gasteiger partial charge is 0.197 e. The molecule has 1 aliphatic heterocycles. The predicted octanol–water partition coefficient (Wildman–Crippen LogP) is 3.27. The summed E-state index contributed by atoms with van der Waals surface area (Å²) in [4.78, 5) is 0. The molecule has 0 N–H and O–H groups in total. The van der Waals surface area contributed by atoms with Crippen LogP contribution >= 0.6 is 15.9 Å². The monoisotopic (exact) mass is 242 g/mol. The molecule has 70 valence electrons. The van der Waals surface area contributed by atoms with Gasteiger partial charge in [-0.3, -0.25) is 0 Å².